The van der Waals surface area contributed by atoms with Gasteiger partial charge in [-0.2, -0.15) is 0 Å². The minimum absolute atomic E-state index is 0.265. The second-order valence-electron chi connectivity index (χ2n) is 6.54. The van der Waals surface area contributed by atoms with Crippen molar-refractivity contribution in [3.8, 4) is 17.2 Å². The molecule has 0 fully saturated rings. The van der Waals surface area contributed by atoms with Gasteiger partial charge in [0.2, 0.25) is 11.8 Å². The van der Waals surface area contributed by atoms with E-state index in [1.54, 1.807) is 31.4 Å². The second kappa shape index (κ2) is 9.54. The predicted molar refractivity (Wildman–Crippen MR) is 138 cm³/mol. The highest BCUT2D eigenvalue weighted by molar-refractivity contribution is 14.1. The first kappa shape index (κ1) is 22.0. The first-order chi connectivity index (χ1) is 14.9. The van der Waals surface area contributed by atoms with Crippen LogP contribution in [0.15, 0.2) is 74.0 Å². The molecule has 0 bridgehead atoms. The Morgan fingerprint density at radius 3 is 2.77 bits per heavy atom. The molecule has 1 amide bonds. The number of halogens is 3. The van der Waals surface area contributed by atoms with Gasteiger partial charge in [0.05, 0.1) is 11.6 Å². The van der Waals surface area contributed by atoms with Crippen molar-refractivity contribution in [3.63, 3.8) is 0 Å². The topological polar surface area (TPSA) is 64.4 Å². The van der Waals surface area contributed by atoms with Crippen LogP contribution in [0.2, 0.25) is 0 Å². The molecule has 8 heteroatoms. The fourth-order valence-corrected chi connectivity index (χ4v) is 4.98. The summed E-state index contributed by atoms with van der Waals surface area (Å²) in [4.78, 5) is 17.0. The Labute approximate surface area is 209 Å². The van der Waals surface area contributed by atoms with Gasteiger partial charge in [0.25, 0.3) is 0 Å². The van der Waals surface area contributed by atoms with Crippen LogP contribution in [0.4, 0.5) is 5.69 Å². The highest BCUT2D eigenvalue weighted by atomic mass is 127. The quantitative estimate of drug-likeness (QED) is 0.182. The number of aromatic nitrogens is 1. The summed E-state index contributed by atoms with van der Waals surface area (Å²) in [7, 11) is 1.59. The number of ether oxygens (including phenoxy) is 1. The lowest BCUT2D eigenvalue weighted by atomic mass is 10.2. The Kier molecular flexibility index (Phi) is 6.78. The fraction of sp³-hybridized carbons (Fsp3) is 0.0435. The van der Waals surface area contributed by atoms with E-state index in [0.29, 0.717) is 28.4 Å². The number of rotatable bonds is 5. The van der Waals surface area contributed by atoms with Crippen LogP contribution >= 0.6 is 54.5 Å². The Balaban J connectivity index is 1.53. The van der Waals surface area contributed by atoms with Crippen LogP contribution in [0, 0.1) is 3.57 Å². The molecule has 0 saturated heterocycles. The number of carbonyl (C=O) groups is 1. The highest BCUT2D eigenvalue weighted by Crippen LogP contribution is 2.33. The van der Waals surface area contributed by atoms with Crippen molar-refractivity contribution < 1.29 is 13.9 Å². The molecule has 1 heterocycles. The molecule has 4 aromatic rings. The van der Waals surface area contributed by atoms with Crippen LogP contribution in [0.25, 0.3) is 28.6 Å². The predicted octanol–water partition coefficient (Wildman–Crippen LogP) is 7.28. The van der Waals surface area contributed by atoms with Gasteiger partial charge in [-0.1, -0.05) is 22.0 Å². The van der Waals surface area contributed by atoms with E-state index in [9.17, 15) is 4.79 Å². The van der Waals surface area contributed by atoms with E-state index in [4.69, 9.17) is 9.15 Å². The number of amides is 1. The first-order valence-corrected chi connectivity index (χ1v) is 11.8. The fourth-order valence-electron chi connectivity index (χ4n) is 3.02. The Morgan fingerprint density at radius 2 is 2.00 bits per heavy atom. The van der Waals surface area contributed by atoms with Crippen molar-refractivity contribution >= 4 is 83.2 Å². The molecule has 156 valence electrons. The maximum absolute atomic E-state index is 12.4. The van der Waals surface area contributed by atoms with E-state index in [1.165, 1.54) is 6.08 Å². The molecule has 1 aromatic heterocycles. The molecular formula is C23H15Br2IN2O3. The lowest BCUT2D eigenvalue weighted by molar-refractivity contribution is -0.111. The van der Waals surface area contributed by atoms with Crippen LogP contribution in [0.5, 0.6) is 5.75 Å². The van der Waals surface area contributed by atoms with Crippen molar-refractivity contribution in [2.75, 3.05) is 12.4 Å². The Morgan fingerprint density at radius 1 is 1.16 bits per heavy atom. The number of methoxy groups -OCH3 is 1. The smallest absolute Gasteiger partial charge is 0.248 e. The summed E-state index contributed by atoms with van der Waals surface area (Å²) < 4.78 is 14.0. The normalized spacial score (nSPS) is 11.2. The molecule has 5 nitrogen and oxygen atoms in total. The average Bonchev–Trinajstić information content (AvgIpc) is 3.15. The zero-order valence-corrected chi connectivity index (χ0v) is 21.5. The molecule has 0 radical (unpaired) electrons. The molecule has 1 N–H and O–H groups in total. The molecule has 0 atom stereocenters. The van der Waals surface area contributed by atoms with E-state index >= 15 is 0 Å². The summed E-state index contributed by atoms with van der Waals surface area (Å²) in [5.74, 6) is 0.933. The van der Waals surface area contributed by atoms with Gasteiger partial charge in [-0.25, -0.2) is 4.98 Å². The number of hydrogen-bond acceptors (Lipinski definition) is 4. The molecule has 0 saturated carbocycles. The lowest BCUT2D eigenvalue weighted by Crippen LogP contribution is -2.07. The number of benzene rings is 3. The van der Waals surface area contributed by atoms with E-state index in [1.807, 2.05) is 36.4 Å². The van der Waals surface area contributed by atoms with Gasteiger partial charge in [-0.3, -0.25) is 4.79 Å². The number of carbonyl (C=O) groups excluding carboxylic acids is 1. The Hall–Kier alpha value is -2.17. The third-order valence-electron chi connectivity index (χ3n) is 4.38. The summed E-state index contributed by atoms with van der Waals surface area (Å²) >= 11 is 9.16. The average molecular weight is 654 g/mol. The molecule has 0 aliphatic rings. The molecule has 4 rings (SSSR count). The molecule has 0 unspecified atom stereocenters. The molecule has 0 spiro atoms. The van der Waals surface area contributed by atoms with Crippen LogP contribution in [-0.2, 0) is 4.79 Å². The minimum atomic E-state index is -0.265. The largest absolute Gasteiger partial charge is 0.495 e. The summed E-state index contributed by atoms with van der Waals surface area (Å²) in [6.45, 7) is 0. The van der Waals surface area contributed by atoms with Gasteiger partial charge >= 0.3 is 0 Å². The summed E-state index contributed by atoms with van der Waals surface area (Å²) in [5.41, 5.74) is 3.64. The van der Waals surface area contributed by atoms with Gasteiger partial charge in [0, 0.05) is 30.9 Å². The van der Waals surface area contributed by atoms with Gasteiger partial charge in [-0.05, 0) is 93.1 Å². The van der Waals surface area contributed by atoms with Gasteiger partial charge < -0.3 is 14.5 Å². The summed E-state index contributed by atoms with van der Waals surface area (Å²) in [6.07, 6.45) is 3.16. The second-order valence-corrected chi connectivity index (χ2v) is 9.56. The zero-order chi connectivity index (χ0) is 22.0. The minimum Gasteiger partial charge on any atom is -0.495 e. The number of hydrogen-bond donors (Lipinski definition) is 1. The summed E-state index contributed by atoms with van der Waals surface area (Å²) in [5, 5.41) is 2.86. The number of anilines is 1. The Bertz CT molecular complexity index is 1320. The summed E-state index contributed by atoms with van der Waals surface area (Å²) in [6, 6.07) is 17.1. The maximum atomic E-state index is 12.4. The number of fused-ring (bicyclic) bond motifs is 1. The maximum Gasteiger partial charge on any atom is 0.248 e. The molecule has 3 aromatic carbocycles. The van der Waals surface area contributed by atoms with Crippen LogP contribution in [0.1, 0.15) is 5.56 Å². The van der Waals surface area contributed by atoms with Crippen LogP contribution in [0.3, 0.4) is 0 Å². The van der Waals surface area contributed by atoms with Crippen molar-refractivity contribution in [1.29, 1.82) is 0 Å². The van der Waals surface area contributed by atoms with Gasteiger partial charge in [0.15, 0.2) is 5.58 Å². The third kappa shape index (κ3) is 5.19. The van der Waals surface area contributed by atoms with Crippen molar-refractivity contribution in [2.45, 2.75) is 0 Å². The van der Waals surface area contributed by atoms with E-state index in [-0.39, 0.29) is 5.91 Å². The van der Waals surface area contributed by atoms with Crippen molar-refractivity contribution in [3.05, 3.63) is 78.8 Å². The number of oxazole rings is 1. The number of nitrogens with zero attached hydrogens (tertiary/aromatic N) is 1. The zero-order valence-electron chi connectivity index (χ0n) is 16.2. The van der Waals surface area contributed by atoms with E-state index < -0.39 is 0 Å². The molecule has 0 aliphatic heterocycles. The molecular weight excluding hydrogens is 639 g/mol. The van der Waals surface area contributed by atoms with Gasteiger partial charge in [-0.15, -0.1) is 0 Å². The highest BCUT2D eigenvalue weighted by Gasteiger charge is 2.11. The monoisotopic (exact) mass is 652 g/mol. The van der Waals surface area contributed by atoms with Gasteiger partial charge in [0.1, 0.15) is 11.3 Å². The lowest BCUT2D eigenvalue weighted by Gasteiger charge is -2.08. The standard InChI is InChI=1S/C23H15Br2IN2O3/c1-30-22-13(9-15(24)11-18(22)25)5-8-21(29)27-17-6-7-20-19(12-17)28-23(31-20)14-3-2-4-16(26)10-14/h2-12H,1H3,(H,27,29)/b8-5+. The van der Waals surface area contributed by atoms with Crippen LogP contribution < -0.4 is 10.1 Å². The SMILES string of the molecule is COc1c(Br)cc(Br)cc1/C=C/C(=O)Nc1ccc2oc(-c3cccc(I)c3)nc2c1. The van der Waals surface area contributed by atoms with E-state index in [2.05, 4.69) is 64.8 Å². The first-order valence-electron chi connectivity index (χ1n) is 9.11. The molecule has 31 heavy (non-hydrogen) atoms. The third-order valence-corrected chi connectivity index (χ3v) is 6.10. The molecule has 0 aliphatic carbocycles. The van der Waals surface area contributed by atoms with E-state index in [0.717, 1.165) is 23.6 Å². The van der Waals surface area contributed by atoms with Crippen LogP contribution in [-0.4, -0.2) is 18.0 Å². The van der Waals surface area contributed by atoms with Crippen molar-refractivity contribution in [1.82, 2.24) is 4.98 Å². The van der Waals surface area contributed by atoms with Crippen molar-refractivity contribution in [2.24, 2.45) is 0 Å². The number of nitrogens with one attached hydrogen (secondary N) is 1.